The van der Waals surface area contributed by atoms with Crippen molar-refractivity contribution >= 4 is 33.6 Å². The van der Waals surface area contributed by atoms with Crippen LogP contribution in [0.4, 0.5) is 0 Å². The number of aliphatic carboxylic acids is 2. The summed E-state index contributed by atoms with van der Waals surface area (Å²) >= 11 is 5.95. The SMILES string of the molecule is O=C(O)CN([C@]1(C(=O)O)C[C@H]1c1cccc(OCc2ccccc2)c1)S(=O)(=O)c1ccc(-c2ccc(Cl)cc2)cc1. The van der Waals surface area contributed by atoms with Crippen LogP contribution in [0.5, 0.6) is 5.75 Å². The maximum absolute atomic E-state index is 13.8. The number of carboxylic acids is 2. The molecule has 210 valence electrons. The Morgan fingerprint density at radius 2 is 1.51 bits per heavy atom. The molecule has 4 aromatic rings. The summed E-state index contributed by atoms with van der Waals surface area (Å²) < 4.78 is 34.1. The molecule has 0 heterocycles. The van der Waals surface area contributed by atoms with E-state index in [1.165, 1.54) is 12.1 Å². The molecule has 0 amide bonds. The first kappa shape index (κ1) is 28.4. The van der Waals surface area contributed by atoms with Gasteiger partial charge in [-0.1, -0.05) is 78.3 Å². The van der Waals surface area contributed by atoms with E-state index in [1.807, 2.05) is 30.3 Å². The predicted molar refractivity (Wildman–Crippen MR) is 153 cm³/mol. The van der Waals surface area contributed by atoms with Crippen molar-refractivity contribution in [2.45, 2.75) is 29.4 Å². The van der Waals surface area contributed by atoms with Crippen molar-refractivity contribution in [3.63, 3.8) is 0 Å². The topological polar surface area (TPSA) is 121 Å². The van der Waals surface area contributed by atoms with Gasteiger partial charge in [0.1, 0.15) is 24.4 Å². The van der Waals surface area contributed by atoms with E-state index in [-0.39, 0.29) is 11.3 Å². The van der Waals surface area contributed by atoms with Gasteiger partial charge in [-0.2, -0.15) is 4.31 Å². The van der Waals surface area contributed by atoms with Crippen LogP contribution in [-0.2, 0) is 26.2 Å². The summed E-state index contributed by atoms with van der Waals surface area (Å²) in [6.45, 7) is -0.709. The van der Waals surface area contributed by atoms with E-state index in [2.05, 4.69) is 0 Å². The van der Waals surface area contributed by atoms with Gasteiger partial charge in [0.25, 0.3) is 0 Å². The number of halogens is 1. The van der Waals surface area contributed by atoms with Gasteiger partial charge in [-0.15, -0.1) is 0 Å². The fourth-order valence-corrected chi connectivity index (χ4v) is 6.83. The average Bonchev–Trinajstić information content (AvgIpc) is 3.73. The number of hydrogen-bond acceptors (Lipinski definition) is 5. The minimum absolute atomic E-state index is 0.0835. The van der Waals surface area contributed by atoms with E-state index in [0.29, 0.717) is 27.2 Å². The first-order chi connectivity index (χ1) is 19.6. The third-order valence-corrected chi connectivity index (χ3v) is 9.31. The smallest absolute Gasteiger partial charge is 0.325 e. The van der Waals surface area contributed by atoms with Gasteiger partial charge in [0, 0.05) is 10.9 Å². The minimum atomic E-state index is -4.52. The fourth-order valence-electron chi connectivity index (χ4n) is 4.98. The Bertz CT molecular complexity index is 1680. The highest BCUT2D eigenvalue weighted by atomic mass is 35.5. The lowest BCUT2D eigenvalue weighted by Gasteiger charge is -2.28. The number of rotatable bonds is 11. The van der Waals surface area contributed by atoms with Gasteiger partial charge in [0.15, 0.2) is 0 Å². The molecule has 0 aliphatic heterocycles. The molecule has 1 saturated carbocycles. The minimum Gasteiger partial charge on any atom is -0.489 e. The summed E-state index contributed by atoms with van der Waals surface area (Å²) in [5.74, 6) is -3.16. The Morgan fingerprint density at radius 1 is 0.878 bits per heavy atom. The molecule has 1 aliphatic carbocycles. The van der Waals surface area contributed by atoms with Crippen molar-refractivity contribution < 1.29 is 33.0 Å². The van der Waals surface area contributed by atoms with Gasteiger partial charge < -0.3 is 14.9 Å². The lowest BCUT2D eigenvalue weighted by molar-refractivity contribution is -0.145. The monoisotopic (exact) mass is 591 g/mol. The lowest BCUT2D eigenvalue weighted by atomic mass is 10.1. The maximum atomic E-state index is 13.8. The normalized spacial score (nSPS) is 18.1. The zero-order valence-corrected chi connectivity index (χ0v) is 23.3. The Balaban J connectivity index is 1.44. The zero-order chi connectivity index (χ0) is 29.2. The highest BCUT2D eigenvalue weighted by Crippen LogP contribution is 2.57. The second-order valence-electron chi connectivity index (χ2n) is 9.77. The average molecular weight is 592 g/mol. The first-order valence-electron chi connectivity index (χ1n) is 12.7. The molecule has 4 aromatic carbocycles. The molecule has 0 aromatic heterocycles. The van der Waals surface area contributed by atoms with Crippen molar-refractivity contribution in [3.8, 4) is 16.9 Å². The summed E-state index contributed by atoms with van der Waals surface area (Å²) in [6, 6.07) is 29.2. The van der Waals surface area contributed by atoms with Crippen LogP contribution in [0.15, 0.2) is 108 Å². The first-order valence-corrected chi connectivity index (χ1v) is 14.5. The van der Waals surface area contributed by atoms with Crippen LogP contribution in [0.1, 0.15) is 23.5 Å². The van der Waals surface area contributed by atoms with E-state index in [9.17, 15) is 28.2 Å². The van der Waals surface area contributed by atoms with Crippen molar-refractivity contribution in [1.82, 2.24) is 4.31 Å². The van der Waals surface area contributed by atoms with Crippen molar-refractivity contribution in [3.05, 3.63) is 119 Å². The van der Waals surface area contributed by atoms with Crippen LogP contribution in [0.2, 0.25) is 5.02 Å². The number of ether oxygens (including phenoxy) is 1. The van der Waals surface area contributed by atoms with Crippen LogP contribution in [0.25, 0.3) is 11.1 Å². The summed E-state index contributed by atoms with van der Waals surface area (Å²) in [7, 11) is -4.52. The van der Waals surface area contributed by atoms with Crippen LogP contribution < -0.4 is 4.74 Å². The molecule has 2 N–H and O–H groups in total. The third-order valence-electron chi connectivity index (χ3n) is 7.15. The van der Waals surface area contributed by atoms with Crippen molar-refractivity contribution in [1.29, 1.82) is 0 Å². The molecular weight excluding hydrogens is 566 g/mol. The van der Waals surface area contributed by atoms with E-state index < -0.39 is 40.0 Å². The van der Waals surface area contributed by atoms with Gasteiger partial charge in [0.05, 0.1) is 4.90 Å². The highest BCUT2D eigenvalue weighted by Gasteiger charge is 2.68. The summed E-state index contributed by atoms with van der Waals surface area (Å²) in [6.07, 6.45) is -0.0835. The standard InChI is InChI=1S/C31H26ClNO7S/c32-25-13-9-22(10-14-25)23-11-15-27(16-12-23)41(38,39)33(19-29(34)35)31(30(36)37)18-28(31)24-7-4-8-26(17-24)40-20-21-5-2-1-3-6-21/h1-17,28H,18-20H2,(H,34,35)(H,36,37)/t28-,31+/m0/s1. The second kappa shape index (κ2) is 11.4. The molecule has 1 aliphatic rings. The highest BCUT2D eigenvalue weighted by molar-refractivity contribution is 7.89. The Kier molecular flexibility index (Phi) is 7.86. The van der Waals surface area contributed by atoms with Crippen LogP contribution in [0.3, 0.4) is 0 Å². The number of carbonyl (C=O) groups is 2. The fraction of sp³-hybridized carbons (Fsp3) is 0.161. The third kappa shape index (κ3) is 5.83. The molecular formula is C31H26ClNO7S. The van der Waals surface area contributed by atoms with Crippen LogP contribution >= 0.6 is 11.6 Å². The molecule has 0 bridgehead atoms. The molecule has 0 unspecified atom stereocenters. The number of benzene rings is 4. The number of hydrogen-bond donors (Lipinski definition) is 2. The van der Waals surface area contributed by atoms with Crippen molar-refractivity contribution in [2.24, 2.45) is 0 Å². The summed E-state index contributed by atoms with van der Waals surface area (Å²) in [5.41, 5.74) is 1.05. The largest absolute Gasteiger partial charge is 0.489 e. The van der Waals surface area contributed by atoms with Gasteiger partial charge in [-0.25, -0.2) is 8.42 Å². The molecule has 0 spiro atoms. The van der Waals surface area contributed by atoms with Gasteiger partial charge in [-0.05, 0) is 65.1 Å². The molecule has 8 nitrogen and oxygen atoms in total. The van der Waals surface area contributed by atoms with E-state index >= 15 is 0 Å². The molecule has 41 heavy (non-hydrogen) atoms. The lowest BCUT2D eigenvalue weighted by Crippen LogP contribution is -2.50. The van der Waals surface area contributed by atoms with Gasteiger partial charge in [-0.3, -0.25) is 9.59 Å². The number of nitrogens with zero attached hydrogens (tertiary/aromatic N) is 1. The maximum Gasteiger partial charge on any atom is 0.325 e. The zero-order valence-electron chi connectivity index (χ0n) is 21.7. The summed E-state index contributed by atoms with van der Waals surface area (Å²) in [5, 5.41) is 20.5. The predicted octanol–water partition coefficient (Wildman–Crippen LogP) is 5.67. The molecule has 0 radical (unpaired) electrons. The Hall–Kier alpha value is -4.18. The Morgan fingerprint density at radius 3 is 2.12 bits per heavy atom. The Labute approximate surface area is 242 Å². The van der Waals surface area contributed by atoms with Gasteiger partial charge in [0.2, 0.25) is 10.0 Å². The molecule has 1 fully saturated rings. The number of sulfonamides is 1. The van der Waals surface area contributed by atoms with E-state index in [4.69, 9.17) is 16.3 Å². The van der Waals surface area contributed by atoms with Gasteiger partial charge >= 0.3 is 11.9 Å². The quantitative estimate of drug-likeness (QED) is 0.230. The van der Waals surface area contributed by atoms with E-state index in [0.717, 1.165) is 16.7 Å². The molecule has 5 rings (SSSR count). The second-order valence-corrected chi connectivity index (χ2v) is 12.1. The van der Waals surface area contributed by atoms with Crippen LogP contribution in [-0.4, -0.2) is 47.0 Å². The molecule has 10 heteroatoms. The number of carboxylic acid groups (broad SMARTS) is 2. The molecule has 0 saturated heterocycles. The van der Waals surface area contributed by atoms with Crippen molar-refractivity contribution in [2.75, 3.05) is 6.54 Å². The summed E-state index contributed by atoms with van der Waals surface area (Å²) in [4.78, 5) is 24.3. The molecule has 2 atom stereocenters. The van der Waals surface area contributed by atoms with Crippen LogP contribution in [0, 0.1) is 0 Å². The van der Waals surface area contributed by atoms with E-state index in [1.54, 1.807) is 60.7 Å².